The molecule has 0 spiro atoms. The van der Waals surface area contributed by atoms with E-state index in [2.05, 4.69) is 9.97 Å². The lowest BCUT2D eigenvalue weighted by Crippen LogP contribution is -2.07. The summed E-state index contributed by atoms with van der Waals surface area (Å²) >= 11 is 0. The molecule has 0 radical (unpaired) electrons. The summed E-state index contributed by atoms with van der Waals surface area (Å²) in [4.78, 5) is 20.3. The number of Topliss-reactive ketones (excluding diaryl/α,β-unsaturated/α-hetero) is 1. The third kappa shape index (κ3) is 2.75. The second-order valence-corrected chi connectivity index (χ2v) is 4.04. The Morgan fingerprint density at radius 3 is 2.47 bits per heavy atom. The van der Waals surface area contributed by atoms with E-state index >= 15 is 0 Å². The number of aryl methyl sites for hydroxylation is 2. The normalized spacial score (nSPS) is 10.2. The predicted molar refractivity (Wildman–Crippen MR) is 66.0 cm³/mol. The number of pyridine rings is 2. The van der Waals surface area contributed by atoms with E-state index in [0.717, 1.165) is 17.0 Å². The van der Waals surface area contributed by atoms with Gasteiger partial charge in [-0.25, -0.2) is 0 Å². The summed E-state index contributed by atoms with van der Waals surface area (Å²) in [5.74, 6) is 0.0983. The first kappa shape index (κ1) is 11.5. The highest BCUT2D eigenvalue weighted by Gasteiger charge is 2.10. The van der Waals surface area contributed by atoms with Gasteiger partial charge >= 0.3 is 0 Å². The van der Waals surface area contributed by atoms with Gasteiger partial charge in [-0.1, -0.05) is 0 Å². The minimum absolute atomic E-state index is 0.0983. The van der Waals surface area contributed by atoms with Crippen LogP contribution in [0.1, 0.15) is 27.3 Å². The van der Waals surface area contributed by atoms with Gasteiger partial charge in [0.15, 0.2) is 5.78 Å². The number of carbonyl (C=O) groups is 1. The molecule has 0 unspecified atom stereocenters. The van der Waals surface area contributed by atoms with Crippen LogP contribution in [0.15, 0.2) is 36.7 Å². The molecule has 0 aliphatic rings. The zero-order valence-corrected chi connectivity index (χ0v) is 9.97. The standard InChI is InChI=1S/C14H14N2O/c1-10-3-4-13(11(2)16-10)14(17)9-12-5-7-15-8-6-12/h3-8H,9H2,1-2H3. The van der Waals surface area contributed by atoms with E-state index in [1.807, 2.05) is 38.1 Å². The van der Waals surface area contributed by atoms with E-state index in [4.69, 9.17) is 0 Å². The Labute approximate surface area is 101 Å². The summed E-state index contributed by atoms with van der Waals surface area (Å²) in [5, 5.41) is 0. The fourth-order valence-corrected chi connectivity index (χ4v) is 1.76. The summed E-state index contributed by atoms with van der Waals surface area (Å²) in [5.41, 5.74) is 3.41. The first-order valence-corrected chi connectivity index (χ1v) is 5.53. The molecule has 0 aliphatic carbocycles. The van der Waals surface area contributed by atoms with Crippen molar-refractivity contribution in [2.45, 2.75) is 20.3 Å². The quantitative estimate of drug-likeness (QED) is 0.755. The van der Waals surface area contributed by atoms with Gasteiger partial charge in [0.25, 0.3) is 0 Å². The van der Waals surface area contributed by atoms with Gasteiger partial charge in [-0.15, -0.1) is 0 Å². The van der Waals surface area contributed by atoms with Crippen molar-refractivity contribution < 1.29 is 4.79 Å². The third-order valence-corrected chi connectivity index (χ3v) is 2.64. The van der Waals surface area contributed by atoms with Crippen LogP contribution in [0.3, 0.4) is 0 Å². The van der Waals surface area contributed by atoms with Crippen LogP contribution in [0.4, 0.5) is 0 Å². The fourth-order valence-electron chi connectivity index (χ4n) is 1.76. The summed E-state index contributed by atoms with van der Waals surface area (Å²) in [6.07, 6.45) is 3.79. The number of rotatable bonds is 3. The monoisotopic (exact) mass is 226 g/mol. The van der Waals surface area contributed by atoms with Crippen LogP contribution in [0.5, 0.6) is 0 Å². The zero-order chi connectivity index (χ0) is 12.3. The van der Waals surface area contributed by atoms with Crippen LogP contribution < -0.4 is 0 Å². The van der Waals surface area contributed by atoms with Crippen molar-refractivity contribution in [3.63, 3.8) is 0 Å². The Kier molecular flexibility index (Phi) is 3.28. The van der Waals surface area contributed by atoms with Gasteiger partial charge in [0.1, 0.15) is 0 Å². The van der Waals surface area contributed by atoms with Gasteiger partial charge in [-0.3, -0.25) is 14.8 Å². The molecule has 2 heterocycles. The maximum atomic E-state index is 12.1. The predicted octanol–water partition coefficient (Wildman–Crippen LogP) is 2.52. The second kappa shape index (κ2) is 4.87. The molecule has 3 heteroatoms. The van der Waals surface area contributed by atoms with Crippen LogP contribution in [-0.4, -0.2) is 15.8 Å². The highest BCUT2D eigenvalue weighted by Crippen LogP contribution is 2.10. The Bertz CT molecular complexity index is 535. The van der Waals surface area contributed by atoms with Gasteiger partial charge < -0.3 is 0 Å². The van der Waals surface area contributed by atoms with Crippen molar-refractivity contribution >= 4 is 5.78 Å². The Balaban J connectivity index is 2.21. The second-order valence-electron chi connectivity index (χ2n) is 4.04. The summed E-state index contributed by atoms with van der Waals surface area (Å²) in [6.45, 7) is 3.79. The van der Waals surface area contributed by atoms with Crippen molar-refractivity contribution in [2.24, 2.45) is 0 Å². The molecule has 3 nitrogen and oxygen atoms in total. The van der Waals surface area contributed by atoms with Crippen molar-refractivity contribution in [2.75, 3.05) is 0 Å². The Morgan fingerprint density at radius 1 is 1.12 bits per heavy atom. The molecule has 0 aromatic carbocycles. The minimum atomic E-state index is 0.0983. The molecule has 2 aromatic rings. The van der Waals surface area contributed by atoms with Crippen molar-refractivity contribution in [1.29, 1.82) is 0 Å². The van der Waals surface area contributed by atoms with Crippen molar-refractivity contribution in [3.8, 4) is 0 Å². The van der Waals surface area contributed by atoms with Crippen molar-refractivity contribution in [1.82, 2.24) is 9.97 Å². The fraction of sp³-hybridized carbons (Fsp3) is 0.214. The molecule has 2 aromatic heterocycles. The summed E-state index contributed by atoms with van der Waals surface area (Å²) in [7, 11) is 0. The molecule has 0 amide bonds. The molecular weight excluding hydrogens is 212 g/mol. The van der Waals surface area contributed by atoms with Crippen LogP contribution in [-0.2, 0) is 6.42 Å². The largest absolute Gasteiger partial charge is 0.294 e. The SMILES string of the molecule is Cc1ccc(C(=O)Cc2ccncc2)c(C)n1. The zero-order valence-electron chi connectivity index (χ0n) is 9.97. The maximum absolute atomic E-state index is 12.1. The van der Waals surface area contributed by atoms with Gasteiger partial charge in [-0.05, 0) is 43.7 Å². The molecule has 0 N–H and O–H groups in total. The molecule has 0 fully saturated rings. The summed E-state index contributed by atoms with van der Waals surface area (Å²) in [6, 6.07) is 7.43. The van der Waals surface area contributed by atoms with E-state index < -0.39 is 0 Å². The Hall–Kier alpha value is -2.03. The van der Waals surface area contributed by atoms with E-state index in [-0.39, 0.29) is 5.78 Å². The number of hydrogen-bond acceptors (Lipinski definition) is 3. The van der Waals surface area contributed by atoms with Gasteiger partial charge in [0, 0.05) is 35.8 Å². The molecule has 0 saturated carbocycles. The molecule has 0 aliphatic heterocycles. The lowest BCUT2D eigenvalue weighted by molar-refractivity contribution is 0.0992. The molecule has 0 bridgehead atoms. The average molecular weight is 226 g/mol. The first-order valence-electron chi connectivity index (χ1n) is 5.53. The molecule has 86 valence electrons. The van der Waals surface area contributed by atoms with Crippen LogP contribution in [0.2, 0.25) is 0 Å². The van der Waals surface area contributed by atoms with Crippen LogP contribution >= 0.6 is 0 Å². The average Bonchev–Trinajstić information content (AvgIpc) is 2.30. The minimum Gasteiger partial charge on any atom is -0.294 e. The van der Waals surface area contributed by atoms with E-state index in [9.17, 15) is 4.79 Å². The first-order chi connectivity index (χ1) is 8.16. The van der Waals surface area contributed by atoms with E-state index in [1.54, 1.807) is 12.4 Å². The molecular formula is C14H14N2O. The van der Waals surface area contributed by atoms with Crippen LogP contribution in [0.25, 0.3) is 0 Å². The van der Waals surface area contributed by atoms with Crippen molar-refractivity contribution in [3.05, 3.63) is 59.2 Å². The number of hydrogen-bond donors (Lipinski definition) is 0. The molecule has 17 heavy (non-hydrogen) atoms. The lowest BCUT2D eigenvalue weighted by Gasteiger charge is -2.05. The molecule has 0 saturated heterocycles. The molecule has 2 rings (SSSR count). The van der Waals surface area contributed by atoms with Gasteiger partial charge in [0.05, 0.1) is 0 Å². The van der Waals surface area contributed by atoms with E-state index in [0.29, 0.717) is 12.0 Å². The lowest BCUT2D eigenvalue weighted by atomic mass is 10.0. The highest BCUT2D eigenvalue weighted by molar-refractivity contribution is 5.98. The van der Waals surface area contributed by atoms with E-state index in [1.165, 1.54) is 0 Å². The van der Waals surface area contributed by atoms with Gasteiger partial charge in [0.2, 0.25) is 0 Å². The highest BCUT2D eigenvalue weighted by atomic mass is 16.1. The summed E-state index contributed by atoms with van der Waals surface area (Å²) < 4.78 is 0. The Morgan fingerprint density at radius 2 is 1.82 bits per heavy atom. The number of carbonyl (C=O) groups excluding carboxylic acids is 1. The number of nitrogens with zero attached hydrogens (tertiary/aromatic N) is 2. The number of aromatic nitrogens is 2. The topological polar surface area (TPSA) is 42.9 Å². The smallest absolute Gasteiger partial charge is 0.169 e. The maximum Gasteiger partial charge on any atom is 0.169 e. The third-order valence-electron chi connectivity index (χ3n) is 2.64. The molecule has 0 atom stereocenters. The van der Waals surface area contributed by atoms with Gasteiger partial charge in [-0.2, -0.15) is 0 Å². The number of ketones is 1. The van der Waals surface area contributed by atoms with Crippen LogP contribution in [0, 0.1) is 13.8 Å².